The number of alkyl halides is 3. The summed E-state index contributed by atoms with van der Waals surface area (Å²) in [7, 11) is 0. The van der Waals surface area contributed by atoms with Crippen molar-refractivity contribution >= 4 is 39.1 Å². The molecule has 2 aromatic carbocycles. The first-order valence-corrected chi connectivity index (χ1v) is 18.2. The Labute approximate surface area is 301 Å². The predicted molar refractivity (Wildman–Crippen MR) is 191 cm³/mol. The van der Waals surface area contributed by atoms with Gasteiger partial charge in [0.2, 0.25) is 0 Å². The molecular weight excluding hydrogens is 701 g/mol. The minimum absolute atomic E-state index is 0.00965. The fourth-order valence-corrected chi connectivity index (χ4v) is 8.78. The summed E-state index contributed by atoms with van der Waals surface area (Å²) in [6, 6.07) is 12.6. The van der Waals surface area contributed by atoms with E-state index in [2.05, 4.69) is 9.88 Å². The van der Waals surface area contributed by atoms with Crippen molar-refractivity contribution in [1.82, 2.24) is 19.4 Å². The van der Waals surface area contributed by atoms with Gasteiger partial charge in [-0.1, -0.05) is 30.2 Å². The Morgan fingerprint density at radius 3 is 2.69 bits per heavy atom. The van der Waals surface area contributed by atoms with E-state index in [-0.39, 0.29) is 36.4 Å². The van der Waals surface area contributed by atoms with Crippen molar-refractivity contribution in [2.75, 3.05) is 13.2 Å². The van der Waals surface area contributed by atoms with E-state index in [1.54, 1.807) is 41.1 Å². The summed E-state index contributed by atoms with van der Waals surface area (Å²) in [5.74, 6) is 0.0623. The number of aromatic carboxylic acids is 1. The van der Waals surface area contributed by atoms with Crippen molar-refractivity contribution in [3.05, 3.63) is 109 Å². The van der Waals surface area contributed by atoms with Gasteiger partial charge in [0.25, 0.3) is 5.56 Å². The van der Waals surface area contributed by atoms with E-state index in [0.29, 0.717) is 62.0 Å². The molecule has 0 unspecified atom stereocenters. The zero-order valence-corrected chi connectivity index (χ0v) is 29.7. The maximum Gasteiger partial charge on any atom is 0.416 e. The molecule has 2 atom stereocenters. The van der Waals surface area contributed by atoms with Crippen LogP contribution in [0.3, 0.4) is 0 Å². The summed E-state index contributed by atoms with van der Waals surface area (Å²) >= 11 is 7.72. The maximum absolute atomic E-state index is 14.0. The molecule has 1 fully saturated rings. The minimum Gasteiger partial charge on any atom is -0.491 e. The van der Waals surface area contributed by atoms with Gasteiger partial charge < -0.3 is 9.84 Å². The van der Waals surface area contributed by atoms with Gasteiger partial charge >= 0.3 is 12.1 Å². The third kappa shape index (κ3) is 7.01. The van der Waals surface area contributed by atoms with Crippen LogP contribution in [0.5, 0.6) is 5.75 Å². The standard InChI is InChI=1S/C38H36ClF3N4O4S/c1-21-16-28(35-34(43-21)30(20-51-35)37(48)49)27-18-25(39)9-12-33(27)50-15-14-45-22(2)44-31-11-10-26(19-29(31)36(45)47)46-13-4-3-8-32(46)23-6-5-7-24(17-23)38(40,41)42/h5-7,9,12,16-18,20,26,32H,3-4,8,10-11,13-15,19H2,1-2H3,(H,48,49)/t26-,32+/m1/s1. The summed E-state index contributed by atoms with van der Waals surface area (Å²) in [5.41, 5.74) is 3.96. The Balaban J connectivity index is 1.12. The van der Waals surface area contributed by atoms with Crippen LogP contribution in [-0.2, 0) is 25.6 Å². The second-order valence-corrected chi connectivity index (χ2v) is 14.6. The number of pyridine rings is 1. The molecule has 0 spiro atoms. The van der Waals surface area contributed by atoms with Gasteiger partial charge in [-0.3, -0.25) is 19.2 Å². The number of hydrogen-bond acceptors (Lipinski definition) is 7. The molecule has 0 saturated carbocycles. The molecule has 13 heteroatoms. The van der Waals surface area contributed by atoms with Crippen LogP contribution in [0, 0.1) is 13.8 Å². The monoisotopic (exact) mass is 736 g/mol. The lowest BCUT2D eigenvalue weighted by Gasteiger charge is -2.43. The molecule has 5 aromatic rings. The number of piperidine rings is 1. The molecule has 0 amide bonds. The Kier molecular flexibility index (Phi) is 9.68. The molecule has 3 aromatic heterocycles. The zero-order chi connectivity index (χ0) is 36.0. The molecule has 0 bridgehead atoms. The van der Waals surface area contributed by atoms with E-state index in [1.807, 2.05) is 13.0 Å². The number of fused-ring (bicyclic) bond motifs is 2. The van der Waals surface area contributed by atoms with E-state index in [1.165, 1.54) is 23.5 Å². The van der Waals surface area contributed by atoms with Gasteiger partial charge in [-0.15, -0.1) is 11.3 Å². The minimum atomic E-state index is -4.41. The third-order valence-corrected chi connectivity index (χ3v) is 11.2. The number of halogens is 4. The lowest BCUT2D eigenvalue weighted by atomic mass is 9.86. The Hall–Kier alpha value is -4.26. The smallest absolute Gasteiger partial charge is 0.416 e. The van der Waals surface area contributed by atoms with Crippen LogP contribution in [0.15, 0.2) is 58.7 Å². The van der Waals surface area contributed by atoms with Crippen LogP contribution in [-0.4, -0.2) is 49.7 Å². The Morgan fingerprint density at radius 1 is 1.08 bits per heavy atom. The largest absolute Gasteiger partial charge is 0.491 e. The quantitative estimate of drug-likeness (QED) is 0.170. The number of aryl methyl sites for hydroxylation is 3. The van der Waals surface area contributed by atoms with Gasteiger partial charge in [0.05, 0.1) is 33.6 Å². The van der Waals surface area contributed by atoms with E-state index in [9.17, 15) is 27.9 Å². The fourth-order valence-electron chi connectivity index (χ4n) is 7.60. The summed E-state index contributed by atoms with van der Waals surface area (Å²) in [6.45, 7) is 4.76. The van der Waals surface area contributed by atoms with Gasteiger partial charge in [0.1, 0.15) is 18.2 Å². The van der Waals surface area contributed by atoms with Crippen LogP contribution in [0.1, 0.15) is 76.0 Å². The lowest BCUT2D eigenvalue weighted by Crippen LogP contribution is -2.46. The molecule has 51 heavy (non-hydrogen) atoms. The van der Waals surface area contributed by atoms with Crippen molar-refractivity contribution in [3.63, 3.8) is 0 Å². The highest BCUT2D eigenvalue weighted by atomic mass is 35.5. The average Bonchev–Trinajstić information content (AvgIpc) is 3.54. The lowest BCUT2D eigenvalue weighted by molar-refractivity contribution is -0.137. The molecule has 1 saturated heterocycles. The fraction of sp³-hybridized carbons (Fsp3) is 0.368. The molecule has 8 nitrogen and oxygen atoms in total. The maximum atomic E-state index is 14.0. The number of carboxylic acids is 1. The second-order valence-electron chi connectivity index (χ2n) is 13.2. The number of likely N-dealkylation sites (tertiary alicyclic amines) is 1. The number of hydrogen-bond donors (Lipinski definition) is 1. The molecule has 4 heterocycles. The van der Waals surface area contributed by atoms with Crippen molar-refractivity contribution in [3.8, 4) is 16.9 Å². The van der Waals surface area contributed by atoms with E-state index in [0.717, 1.165) is 49.6 Å². The van der Waals surface area contributed by atoms with Gasteiger partial charge in [0.15, 0.2) is 0 Å². The number of carbonyl (C=O) groups is 1. The highest BCUT2D eigenvalue weighted by Crippen LogP contribution is 2.41. The van der Waals surface area contributed by atoms with Crippen molar-refractivity contribution in [2.24, 2.45) is 0 Å². The molecule has 7 rings (SSSR count). The number of carboxylic acid groups (broad SMARTS) is 1. The topological polar surface area (TPSA) is 97.6 Å². The van der Waals surface area contributed by atoms with Crippen molar-refractivity contribution < 1.29 is 27.8 Å². The van der Waals surface area contributed by atoms with Crippen molar-refractivity contribution in [1.29, 1.82) is 0 Å². The van der Waals surface area contributed by atoms with Crippen LogP contribution < -0.4 is 10.3 Å². The molecule has 1 N–H and O–H groups in total. The van der Waals surface area contributed by atoms with Crippen molar-refractivity contribution in [2.45, 2.75) is 77.2 Å². The van der Waals surface area contributed by atoms with Crippen LogP contribution in [0.2, 0.25) is 5.02 Å². The Morgan fingerprint density at radius 2 is 1.90 bits per heavy atom. The molecule has 0 radical (unpaired) electrons. The summed E-state index contributed by atoms with van der Waals surface area (Å²) in [6.07, 6.45) is 0.134. The third-order valence-electron chi connectivity index (χ3n) is 9.99. The Bertz CT molecular complexity index is 2200. The highest BCUT2D eigenvalue weighted by Gasteiger charge is 2.36. The predicted octanol–water partition coefficient (Wildman–Crippen LogP) is 8.67. The first-order chi connectivity index (χ1) is 24.4. The number of nitrogens with zero attached hydrogens (tertiary/aromatic N) is 4. The number of thiophene rings is 1. The van der Waals surface area contributed by atoms with Crippen LogP contribution in [0.25, 0.3) is 21.3 Å². The second kappa shape index (κ2) is 14.0. The molecule has 266 valence electrons. The van der Waals surface area contributed by atoms with Gasteiger partial charge in [-0.05, 0) is 94.5 Å². The van der Waals surface area contributed by atoms with Crippen LogP contribution in [0.4, 0.5) is 13.2 Å². The number of aromatic nitrogens is 3. The number of benzene rings is 2. The molecule has 1 aliphatic carbocycles. The van der Waals surface area contributed by atoms with Gasteiger partial charge in [0, 0.05) is 44.9 Å². The van der Waals surface area contributed by atoms with Gasteiger partial charge in [-0.2, -0.15) is 13.2 Å². The molecule has 1 aliphatic heterocycles. The molecular formula is C38H36ClF3N4O4S. The number of rotatable bonds is 8. The van der Waals surface area contributed by atoms with E-state index in [4.69, 9.17) is 21.3 Å². The van der Waals surface area contributed by atoms with E-state index < -0.39 is 17.7 Å². The number of ether oxygens (including phenoxy) is 1. The summed E-state index contributed by atoms with van der Waals surface area (Å²) in [4.78, 5) is 37.5. The first-order valence-electron chi connectivity index (χ1n) is 17.0. The molecule has 2 aliphatic rings. The normalized spacial score (nSPS) is 18.2. The zero-order valence-electron chi connectivity index (χ0n) is 28.1. The SMILES string of the molecule is Cc1cc(-c2cc(Cl)ccc2OCCn2c(C)nc3c(c2=O)C[C@H](N2CCCC[C@H]2c2cccc(C(F)(F)F)c2)CC3)c2scc(C(=O)O)c2n1. The summed E-state index contributed by atoms with van der Waals surface area (Å²) in [5, 5.41) is 11.8. The first kappa shape index (κ1) is 35.2. The van der Waals surface area contributed by atoms with E-state index >= 15 is 0 Å². The van der Waals surface area contributed by atoms with Crippen LogP contribution >= 0.6 is 22.9 Å². The highest BCUT2D eigenvalue weighted by molar-refractivity contribution is 7.18. The average molecular weight is 737 g/mol. The van der Waals surface area contributed by atoms with Gasteiger partial charge in [-0.25, -0.2) is 9.78 Å². The summed E-state index contributed by atoms with van der Waals surface area (Å²) < 4.78 is 49.3.